The molecule has 2 unspecified atom stereocenters. The molecule has 33 heavy (non-hydrogen) atoms. The molecule has 6 atom stereocenters. The van der Waals surface area contributed by atoms with Gasteiger partial charge in [-0.1, -0.05) is 0 Å². The number of anilines is 1. The van der Waals surface area contributed by atoms with Crippen molar-refractivity contribution < 1.29 is 60.6 Å². The van der Waals surface area contributed by atoms with Crippen LogP contribution in [-0.4, -0.2) is 68.7 Å². The number of aliphatic hydroxyl groups is 1. The number of aromatic nitrogens is 4. The van der Waals surface area contributed by atoms with Gasteiger partial charge in [0.05, 0.1) is 12.9 Å². The van der Waals surface area contributed by atoms with Crippen LogP contribution in [0.15, 0.2) is 11.1 Å². The van der Waals surface area contributed by atoms with E-state index in [1.54, 1.807) is 0 Å². The van der Waals surface area contributed by atoms with Gasteiger partial charge in [0.25, 0.3) is 5.56 Å². The van der Waals surface area contributed by atoms with Gasteiger partial charge in [0.1, 0.15) is 12.2 Å². The second-order valence-electron chi connectivity index (χ2n) is 6.78. The molecule has 2 aromatic rings. The molecule has 18 nitrogen and oxygen atoms in total. The van der Waals surface area contributed by atoms with Crippen molar-refractivity contribution in [1.29, 1.82) is 0 Å². The van der Waals surface area contributed by atoms with Crippen molar-refractivity contribution in [2.75, 3.05) is 12.3 Å². The zero-order valence-electron chi connectivity index (χ0n) is 16.2. The Morgan fingerprint density at radius 2 is 1.91 bits per heavy atom. The molecule has 0 bridgehead atoms. The quantitative estimate of drug-likeness (QED) is 0.199. The third-order valence-corrected chi connectivity index (χ3v) is 8.04. The molecule has 0 radical (unpaired) electrons. The molecular weight excluding hydrogens is 522 g/mol. The number of imidazole rings is 1. The Morgan fingerprint density at radius 3 is 2.52 bits per heavy atom. The van der Waals surface area contributed by atoms with Crippen LogP contribution in [0, 0.1) is 0 Å². The number of nitrogens with two attached hydrogens (primary N) is 1. The molecule has 8 N–H and O–H groups in total. The van der Waals surface area contributed by atoms with E-state index >= 15 is 4.39 Å². The van der Waals surface area contributed by atoms with Crippen LogP contribution in [0.4, 0.5) is 10.3 Å². The van der Waals surface area contributed by atoms with Gasteiger partial charge in [-0.05, 0) is 6.92 Å². The van der Waals surface area contributed by atoms with Gasteiger partial charge in [-0.25, -0.2) is 23.1 Å². The zero-order valence-corrected chi connectivity index (χ0v) is 18.8. The summed E-state index contributed by atoms with van der Waals surface area (Å²) in [6, 6.07) is 0. The summed E-state index contributed by atoms with van der Waals surface area (Å²) < 4.78 is 66.9. The number of H-pyrrole nitrogens is 1. The van der Waals surface area contributed by atoms with E-state index in [9.17, 15) is 28.5 Å². The van der Waals surface area contributed by atoms with Gasteiger partial charge in [-0.3, -0.25) is 18.9 Å². The SMILES string of the molecule is C[C@@]1(F)[C@H](O)[C@@H](COP(=O)(O)OP(=O)(O)OP(=O)(O)O)O[C@H]1n1cnc2c(=O)[nH]c(N)nc21. The Labute approximate surface area is 181 Å². The van der Waals surface area contributed by atoms with Crippen LogP contribution in [0.1, 0.15) is 13.2 Å². The number of nitrogens with one attached hydrogen (secondary N) is 1. The van der Waals surface area contributed by atoms with E-state index in [1.165, 1.54) is 0 Å². The van der Waals surface area contributed by atoms with E-state index in [4.69, 9.17) is 25.2 Å². The first-order valence-corrected chi connectivity index (χ1v) is 13.0. The monoisotopic (exact) mass is 539 g/mol. The molecule has 186 valence electrons. The number of rotatable bonds is 8. The van der Waals surface area contributed by atoms with Crippen molar-refractivity contribution in [3.63, 3.8) is 0 Å². The van der Waals surface area contributed by atoms with Crippen molar-refractivity contribution >= 4 is 40.6 Å². The van der Waals surface area contributed by atoms with Crippen LogP contribution in [0.2, 0.25) is 0 Å². The van der Waals surface area contributed by atoms with Crippen molar-refractivity contribution in [1.82, 2.24) is 19.5 Å². The van der Waals surface area contributed by atoms with E-state index in [0.29, 0.717) is 0 Å². The van der Waals surface area contributed by atoms with Gasteiger partial charge in [0.2, 0.25) is 5.95 Å². The summed E-state index contributed by atoms with van der Waals surface area (Å²) in [4.78, 5) is 57.3. The summed E-state index contributed by atoms with van der Waals surface area (Å²) in [6.07, 6.45) is -4.43. The normalized spacial score (nSPS) is 29.7. The summed E-state index contributed by atoms with van der Waals surface area (Å²) in [5.74, 6) is -0.322. The molecule has 2 aromatic heterocycles. The van der Waals surface area contributed by atoms with Gasteiger partial charge in [-0.2, -0.15) is 13.6 Å². The predicted molar refractivity (Wildman–Crippen MR) is 102 cm³/mol. The lowest BCUT2D eigenvalue weighted by atomic mass is 9.98. The molecule has 1 aliphatic heterocycles. The number of hydrogen-bond donors (Lipinski definition) is 7. The van der Waals surface area contributed by atoms with Gasteiger partial charge < -0.3 is 35.2 Å². The number of phosphoric acid groups is 3. The smallest absolute Gasteiger partial charge is 0.387 e. The van der Waals surface area contributed by atoms with E-state index < -0.39 is 59.7 Å². The molecule has 1 fully saturated rings. The maximum Gasteiger partial charge on any atom is 0.490 e. The number of ether oxygens (including phenoxy) is 1. The average Bonchev–Trinajstić information content (AvgIpc) is 3.10. The maximum absolute atomic E-state index is 15.3. The first-order chi connectivity index (χ1) is 14.9. The molecule has 0 aromatic carbocycles. The number of alkyl halides is 1. The Bertz CT molecular complexity index is 1260. The molecule has 0 spiro atoms. The van der Waals surface area contributed by atoms with Crippen LogP contribution in [-0.2, 0) is 31.6 Å². The fraction of sp³-hybridized carbons (Fsp3) is 0.545. The van der Waals surface area contributed by atoms with Crippen LogP contribution >= 0.6 is 23.5 Å². The molecular formula is C11H17FN5O13P3. The maximum atomic E-state index is 15.3. The van der Waals surface area contributed by atoms with E-state index in [1.807, 2.05) is 0 Å². The van der Waals surface area contributed by atoms with Crippen molar-refractivity contribution in [2.45, 2.75) is 31.0 Å². The first-order valence-electron chi connectivity index (χ1n) is 8.45. The minimum Gasteiger partial charge on any atom is -0.387 e. The highest BCUT2D eigenvalue weighted by molar-refractivity contribution is 7.66. The number of nitrogens with zero attached hydrogens (tertiary/aromatic N) is 3. The van der Waals surface area contributed by atoms with Crippen LogP contribution < -0.4 is 11.3 Å². The van der Waals surface area contributed by atoms with Gasteiger partial charge in [-0.15, -0.1) is 0 Å². The number of aliphatic hydroxyl groups excluding tert-OH is 1. The molecule has 1 saturated heterocycles. The number of aromatic amines is 1. The molecule has 3 rings (SSSR count). The lowest BCUT2D eigenvalue weighted by Gasteiger charge is -2.24. The summed E-state index contributed by atoms with van der Waals surface area (Å²) in [5, 5.41) is 10.3. The number of nitrogen functional groups attached to an aromatic ring is 1. The van der Waals surface area contributed by atoms with Crippen molar-refractivity contribution in [3.8, 4) is 0 Å². The van der Waals surface area contributed by atoms with Crippen molar-refractivity contribution in [3.05, 3.63) is 16.7 Å². The second-order valence-corrected chi connectivity index (χ2v) is 11.2. The Morgan fingerprint density at radius 1 is 1.27 bits per heavy atom. The Hall–Kier alpha value is -1.59. The molecule has 1 aliphatic rings. The lowest BCUT2D eigenvalue weighted by Crippen LogP contribution is -2.40. The van der Waals surface area contributed by atoms with Crippen LogP contribution in [0.25, 0.3) is 11.2 Å². The van der Waals surface area contributed by atoms with Gasteiger partial charge in [0, 0.05) is 0 Å². The molecule has 22 heteroatoms. The highest BCUT2D eigenvalue weighted by Gasteiger charge is 2.56. The number of phosphoric ester groups is 1. The minimum atomic E-state index is -5.77. The summed E-state index contributed by atoms with van der Waals surface area (Å²) in [5.41, 5.74) is 1.69. The first kappa shape index (κ1) is 26.0. The van der Waals surface area contributed by atoms with Gasteiger partial charge in [0.15, 0.2) is 23.1 Å². The number of fused-ring (bicyclic) bond motifs is 1. The fourth-order valence-electron chi connectivity index (χ4n) is 2.94. The second kappa shape index (κ2) is 8.57. The summed E-state index contributed by atoms with van der Waals surface area (Å²) >= 11 is 0. The molecule has 0 saturated carbocycles. The number of hydrogen-bond acceptors (Lipinski definition) is 12. The fourth-order valence-corrected chi connectivity index (χ4v) is 5.97. The van der Waals surface area contributed by atoms with E-state index in [0.717, 1.165) is 17.8 Å². The summed E-state index contributed by atoms with van der Waals surface area (Å²) in [6.45, 7) is -0.209. The molecule has 0 amide bonds. The minimum absolute atomic E-state index is 0.203. The summed E-state index contributed by atoms with van der Waals surface area (Å²) in [7, 11) is -16.9. The third-order valence-electron chi connectivity index (χ3n) is 4.24. The largest absolute Gasteiger partial charge is 0.490 e. The zero-order chi connectivity index (χ0) is 25.0. The predicted octanol–water partition coefficient (Wildman–Crippen LogP) is -0.968. The standard InChI is InChI=1S/C11H17FN5O13P3/c1-11(12)6(18)4(2-27-32(23,24)30-33(25,26)29-31(20,21)22)28-9(11)17-3-14-5-7(17)15-10(13)16-8(5)19/h3-4,6,9,18H,2H2,1H3,(H,23,24)(H,25,26)(H2,20,21,22)(H3,13,15,16,19)/t4-,6-,9-,11-/m1/s1. The van der Waals surface area contributed by atoms with Gasteiger partial charge >= 0.3 is 23.5 Å². The average molecular weight is 539 g/mol. The van der Waals surface area contributed by atoms with E-state index in [-0.39, 0.29) is 17.1 Å². The number of halogens is 1. The highest BCUT2D eigenvalue weighted by Crippen LogP contribution is 2.66. The molecule has 3 heterocycles. The Kier molecular flexibility index (Phi) is 6.76. The lowest BCUT2D eigenvalue weighted by molar-refractivity contribution is -0.0560. The molecule has 0 aliphatic carbocycles. The van der Waals surface area contributed by atoms with Crippen LogP contribution in [0.3, 0.4) is 0 Å². The third kappa shape index (κ3) is 5.74. The highest BCUT2D eigenvalue weighted by atomic mass is 31.3. The Balaban J connectivity index is 1.78. The van der Waals surface area contributed by atoms with Crippen molar-refractivity contribution in [2.24, 2.45) is 0 Å². The van der Waals surface area contributed by atoms with Crippen LogP contribution in [0.5, 0.6) is 0 Å². The topological polar surface area (TPSA) is 279 Å². The van der Waals surface area contributed by atoms with E-state index in [2.05, 4.69) is 28.1 Å².